The monoisotopic (exact) mass is 206 g/mol. The number of likely N-dealkylation sites (tertiary alicyclic amines) is 1. The number of piperidine rings is 1. The van der Waals surface area contributed by atoms with Gasteiger partial charge in [-0.05, 0) is 19.8 Å². The summed E-state index contributed by atoms with van der Waals surface area (Å²) in [6, 6.07) is 0.738. The lowest BCUT2D eigenvalue weighted by Crippen LogP contribution is -2.41. The summed E-state index contributed by atoms with van der Waals surface area (Å²) in [6.07, 6.45) is 7.48. The predicted molar refractivity (Wildman–Crippen MR) is 59.2 cm³/mol. The van der Waals surface area contributed by atoms with Gasteiger partial charge in [-0.3, -0.25) is 14.9 Å². The zero-order valence-corrected chi connectivity index (χ0v) is 9.13. The fourth-order valence-electron chi connectivity index (χ4n) is 2.02. The zero-order chi connectivity index (χ0) is 10.7. The average molecular weight is 206 g/mol. The van der Waals surface area contributed by atoms with Crippen LogP contribution in [0.1, 0.15) is 31.5 Å². The van der Waals surface area contributed by atoms with E-state index in [1.54, 1.807) is 12.4 Å². The van der Waals surface area contributed by atoms with E-state index in [9.17, 15) is 0 Å². The van der Waals surface area contributed by atoms with Crippen LogP contribution in [0, 0.1) is 0 Å². The van der Waals surface area contributed by atoms with Gasteiger partial charge >= 0.3 is 0 Å². The molecule has 1 aliphatic heterocycles. The maximum absolute atomic E-state index is 5.88. The van der Waals surface area contributed by atoms with Crippen molar-refractivity contribution >= 4 is 0 Å². The third kappa shape index (κ3) is 2.52. The summed E-state index contributed by atoms with van der Waals surface area (Å²) in [6.45, 7) is 4.32. The topological polar surface area (TPSA) is 55.0 Å². The molecule has 2 heterocycles. The Morgan fingerprint density at radius 3 is 2.73 bits per heavy atom. The summed E-state index contributed by atoms with van der Waals surface area (Å²) in [5, 5.41) is 0. The number of hydrogen-bond donors (Lipinski definition) is 1. The second-order valence-corrected chi connectivity index (χ2v) is 4.18. The fraction of sp³-hybridized carbons (Fsp3) is 0.636. The molecule has 0 saturated carbocycles. The smallest absolute Gasteiger partial charge is 0.0755 e. The van der Waals surface area contributed by atoms with Crippen molar-refractivity contribution in [2.75, 3.05) is 13.1 Å². The van der Waals surface area contributed by atoms with Crippen LogP contribution in [0.5, 0.6) is 0 Å². The highest BCUT2D eigenvalue weighted by atomic mass is 15.2. The molecule has 1 aromatic heterocycles. The van der Waals surface area contributed by atoms with Crippen molar-refractivity contribution in [2.45, 2.75) is 31.8 Å². The van der Waals surface area contributed by atoms with Gasteiger partial charge in [0.1, 0.15) is 0 Å². The first-order valence-corrected chi connectivity index (χ1v) is 5.53. The van der Waals surface area contributed by atoms with E-state index in [2.05, 4.69) is 21.8 Å². The normalized spacial score (nSPS) is 21.5. The molecule has 1 atom stereocenters. The van der Waals surface area contributed by atoms with Crippen LogP contribution < -0.4 is 5.73 Å². The summed E-state index contributed by atoms with van der Waals surface area (Å²) in [5.41, 5.74) is 6.93. The van der Waals surface area contributed by atoms with E-state index in [-0.39, 0.29) is 0 Å². The Morgan fingerprint density at radius 2 is 2.13 bits per heavy atom. The van der Waals surface area contributed by atoms with Crippen molar-refractivity contribution in [1.29, 1.82) is 0 Å². The molecule has 4 nitrogen and oxygen atoms in total. The Hall–Kier alpha value is -1.00. The Balaban J connectivity index is 1.99. The fourth-order valence-corrected chi connectivity index (χ4v) is 2.02. The Morgan fingerprint density at radius 1 is 1.40 bits per heavy atom. The molecule has 1 saturated heterocycles. The van der Waals surface area contributed by atoms with Crippen LogP contribution in [-0.2, 0) is 0 Å². The first kappa shape index (κ1) is 10.5. The van der Waals surface area contributed by atoms with Crippen LogP contribution in [0.2, 0.25) is 0 Å². The molecule has 0 aromatic carbocycles. The van der Waals surface area contributed by atoms with Crippen molar-refractivity contribution in [3.63, 3.8) is 0 Å². The molecular weight excluding hydrogens is 188 g/mol. The minimum absolute atomic E-state index is 0.353. The zero-order valence-electron chi connectivity index (χ0n) is 9.13. The Labute approximate surface area is 90.5 Å². The van der Waals surface area contributed by atoms with E-state index >= 15 is 0 Å². The molecule has 0 amide bonds. The van der Waals surface area contributed by atoms with Crippen molar-refractivity contribution in [3.8, 4) is 0 Å². The lowest BCUT2D eigenvalue weighted by Gasteiger charge is -2.34. The van der Waals surface area contributed by atoms with Crippen LogP contribution >= 0.6 is 0 Å². The van der Waals surface area contributed by atoms with Gasteiger partial charge in [-0.2, -0.15) is 0 Å². The summed E-state index contributed by atoms with van der Waals surface area (Å²) in [7, 11) is 0. The van der Waals surface area contributed by atoms with Gasteiger partial charge in [0, 0.05) is 37.7 Å². The number of hydrogen-bond acceptors (Lipinski definition) is 4. The highest BCUT2D eigenvalue weighted by molar-refractivity contribution is 5.01. The van der Waals surface area contributed by atoms with E-state index < -0.39 is 0 Å². The lowest BCUT2D eigenvalue weighted by atomic mass is 10.0. The van der Waals surface area contributed by atoms with Crippen LogP contribution in [0.4, 0.5) is 0 Å². The van der Waals surface area contributed by atoms with E-state index in [1.165, 1.54) is 0 Å². The van der Waals surface area contributed by atoms with Crippen molar-refractivity contribution in [2.24, 2.45) is 5.73 Å². The SMILES string of the molecule is C[C@H](c1cnccn1)N1CCC(N)CC1. The van der Waals surface area contributed by atoms with Gasteiger partial charge < -0.3 is 5.73 Å². The van der Waals surface area contributed by atoms with E-state index in [0.29, 0.717) is 12.1 Å². The molecule has 4 heteroatoms. The van der Waals surface area contributed by atoms with Crippen LogP contribution in [0.3, 0.4) is 0 Å². The summed E-state index contributed by atoms with van der Waals surface area (Å²) >= 11 is 0. The molecule has 15 heavy (non-hydrogen) atoms. The molecule has 0 bridgehead atoms. The molecule has 0 radical (unpaired) electrons. The molecular formula is C11H18N4. The first-order valence-electron chi connectivity index (χ1n) is 5.53. The molecule has 1 aliphatic rings. The second kappa shape index (κ2) is 4.68. The quantitative estimate of drug-likeness (QED) is 0.783. The van der Waals surface area contributed by atoms with E-state index in [0.717, 1.165) is 31.6 Å². The molecule has 0 unspecified atom stereocenters. The summed E-state index contributed by atoms with van der Waals surface area (Å²) < 4.78 is 0. The molecule has 1 fully saturated rings. The van der Waals surface area contributed by atoms with Gasteiger partial charge in [0.15, 0.2) is 0 Å². The molecule has 2 rings (SSSR count). The number of nitrogens with zero attached hydrogens (tertiary/aromatic N) is 3. The van der Waals surface area contributed by atoms with Gasteiger partial charge in [0.05, 0.1) is 11.7 Å². The highest BCUT2D eigenvalue weighted by Crippen LogP contribution is 2.21. The molecule has 0 aliphatic carbocycles. The minimum atomic E-state index is 0.353. The standard InChI is InChI=1S/C11H18N4/c1-9(11-8-13-4-5-14-11)15-6-2-10(12)3-7-15/h4-5,8-10H,2-3,6-7,12H2,1H3/t9-/m1/s1. The van der Waals surface area contributed by atoms with Crippen LogP contribution in [0.25, 0.3) is 0 Å². The maximum Gasteiger partial charge on any atom is 0.0755 e. The van der Waals surface area contributed by atoms with E-state index in [1.807, 2.05) is 6.20 Å². The molecule has 2 N–H and O–H groups in total. The first-order chi connectivity index (χ1) is 7.27. The summed E-state index contributed by atoms with van der Waals surface area (Å²) in [5.74, 6) is 0. The third-order valence-corrected chi connectivity index (χ3v) is 3.13. The lowest BCUT2D eigenvalue weighted by molar-refractivity contribution is 0.160. The van der Waals surface area contributed by atoms with Gasteiger partial charge in [0.25, 0.3) is 0 Å². The van der Waals surface area contributed by atoms with Crippen LogP contribution in [0.15, 0.2) is 18.6 Å². The van der Waals surface area contributed by atoms with Crippen LogP contribution in [-0.4, -0.2) is 34.0 Å². The van der Waals surface area contributed by atoms with E-state index in [4.69, 9.17) is 5.73 Å². The minimum Gasteiger partial charge on any atom is -0.328 e. The molecule has 0 spiro atoms. The summed E-state index contributed by atoms with van der Waals surface area (Å²) in [4.78, 5) is 10.9. The van der Waals surface area contributed by atoms with Gasteiger partial charge in [-0.15, -0.1) is 0 Å². The van der Waals surface area contributed by atoms with Gasteiger partial charge in [-0.1, -0.05) is 0 Å². The molecule has 1 aromatic rings. The van der Waals surface area contributed by atoms with Crippen molar-refractivity contribution in [3.05, 3.63) is 24.3 Å². The Bertz CT molecular complexity index is 293. The van der Waals surface area contributed by atoms with Gasteiger partial charge in [0.2, 0.25) is 0 Å². The van der Waals surface area contributed by atoms with Gasteiger partial charge in [-0.25, -0.2) is 0 Å². The largest absolute Gasteiger partial charge is 0.328 e. The number of aromatic nitrogens is 2. The number of rotatable bonds is 2. The molecule has 82 valence electrons. The highest BCUT2D eigenvalue weighted by Gasteiger charge is 2.22. The second-order valence-electron chi connectivity index (χ2n) is 4.18. The third-order valence-electron chi connectivity index (χ3n) is 3.13. The Kier molecular flexibility index (Phi) is 3.28. The number of nitrogens with two attached hydrogens (primary N) is 1. The maximum atomic E-state index is 5.88. The van der Waals surface area contributed by atoms with Crippen molar-refractivity contribution < 1.29 is 0 Å². The average Bonchev–Trinajstić information content (AvgIpc) is 2.30. The predicted octanol–water partition coefficient (Wildman–Crippen LogP) is 0.961. The van der Waals surface area contributed by atoms with Crippen molar-refractivity contribution in [1.82, 2.24) is 14.9 Å².